The van der Waals surface area contributed by atoms with Gasteiger partial charge in [0.2, 0.25) is 0 Å². The topological polar surface area (TPSA) is 64.2 Å². The number of imidazole rings is 1. The van der Waals surface area contributed by atoms with Gasteiger partial charge in [-0.15, -0.1) is 0 Å². The van der Waals surface area contributed by atoms with E-state index in [1.54, 1.807) is 24.5 Å². The molecule has 0 aliphatic carbocycles. The largest absolute Gasteiger partial charge is 0.481 e. The molecule has 0 aliphatic rings. The highest BCUT2D eigenvalue weighted by atomic mass is 16.6. The van der Waals surface area contributed by atoms with Crippen LogP contribution in [-0.2, 0) is 4.79 Å². The number of carbonyl (C=O) groups is 1. The lowest BCUT2D eigenvalue weighted by Crippen LogP contribution is -2.18. The van der Waals surface area contributed by atoms with E-state index in [0.29, 0.717) is 5.75 Å². The molecule has 112 valence electrons. The Balaban J connectivity index is 1.65. The maximum atomic E-state index is 11.9. The molecule has 0 saturated carbocycles. The minimum atomic E-state index is -0.443. The number of aromatic amines is 1. The molecule has 2 aromatic carbocycles. The summed E-state index contributed by atoms with van der Waals surface area (Å²) in [6, 6.07) is 11.1. The number of hydrogen-bond donors (Lipinski definition) is 1. The van der Waals surface area contributed by atoms with E-state index >= 15 is 0 Å². The highest BCUT2D eigenvalue weighted by molar-refractivity contribution is 5.79. The van der Waals surface area contributed by atoms with E-state index in [0.717, 1.165) is 27.9 Å². The number of benzene rings is 2. The normalized spacial score (nSPS) is 10.6. The van der Waals surface area contributed by atoms with Crippen molar-refractivity contribution in [3.63, 3.8) is 0 Å². The molecule has 0 fully saturated rings. The van der Waals surface area contributed by atoms with Crippen LogP contribution in [0.3, 0.4) is 0 Å². The Kier molecular flexibility index (Phi) is 3.78. The van der Waals surface area contributed by atoms with Crippen molar-refractivity contribution in [3.8, 4) is 11.5 Å². The van der Waals surface area contributed by atoms with Gasteiger partial charge in [0.05, 0.1) is 17.4 Å². The average Bonchev–Trinajstić information content (AvgIpc) is 2.94. The summed E-state index contributed by atoms with van der Waals surface area (Å²) >= 11 is 0. The summed E-state index contributed by atoms with van der Waals surface area (Å²) in [5.41, 5.74) is 3.63. The molecule has 5 nitrogen and oxygen atoms in total. The summed E-state index contributed by atoms with van der Waals surface area (Å²) < 4.78 is 10.9. The number of esters is 1. The summed E-state index contributed by atoms with van der Waals surface area (Å²) in [7, 11) is 0. The lowest BCUT2D eigenvalue weighted by atomic mass is 10.1. The fourth-order valence-electron chi connectivity index (χ4n) is 2.30. The van der Waals surface area contributed by atoms with Gasteiger partial charge in [-0.3, -0.25) is 0 Å². The standard InChI is InChI=1S/C17H16N2O3/c1-11-4-3-5-12(2)17(11)21-9-16(20)22-13-6-7-14-15(8-13)19-10-18-14/h3-8,10H,9H2,1-2H3,(H,18,19). The van der Waals surface area contributed by atoms with Gasteiger partial charge in [0.1, 0.15) is 11.5 Å². The number of hydrogen-bond acceptors (Lipinski definition) is 4. The van der Waals surface area contributed by atoms with Crippen LogP contribution in [-0.4, -0.2) is 22.5 Å². The molecule has 0 aliphatic heterocycles. The van der Waals surface area contributed by atoms with Crippen LogP contribution in [0.15, 0.2) is 42.7 Å². The highest BCUT2D eigenvalue weighted by Crippen LogP contribution is 2.22. The molecule has 22 heavy (non-hydrogen) atoms. The number of nitrogens with one attached hydrogen (secondary N) is 1. The van der Waals surface area contributed by atoms with E-state index in [1.807, 2.05) is 32.0 Å². The maximum Gasteiger partial charge on any atom is 0.349 e. The lowest BCUT2D eigenvalue weighted by molar-refractivity contribution is -0.136. The Hall–Kier alpha value is -2.82. The molecule has 5 heteroatoms. The molecule has 1 heterocycles. The molecular weight excluding hydrogens is 280 g/mol. The second-order valence-corrected chi connectivity index (χ2v) is 5.07. The van der Waals surface area contributed by atoms with E-state index in [-0.39, 0.29) is 6.61 Å². The van der Waals surface area contributed by atoms with E-state index in [9.17, 15) is 4.79 Å². The Morgan fingerprint density at radius 2 is 1.95 bits per heavy atom. The number of nitrogens with zero attached hydrogens (tertiary/aromatic N) is 1. The van der Waals surface area contributed by atoms with Gasteiger partial charge >= 0.3 is 5.97 Å². The highest BCUT2D eigenvalue weighted by Gasteiger charge is 2.10. The quantitative estimate of drug-likeness (QED) is 0.593. The van der Waals surface area contributed by atoms with Crippen molar-refractivity contribution in [3.05, 3.63) is 53.9 Å². The van der Waals surface area contributed by atoms with Gasteiger partial charge in [0.25, 0.3) is 0 Å². The molecule has 0 spiro atoms. The number of rotatable bonds is 4. The van der Waals surface area contributed by atoms with Gasteiger partial charge in [-0.05, 0) is 37.1 Å². The van der Waals surface area contributed by atoms with Crippen LogP contribution in [0.5, 0.6) is 11.5 Å². The van der Waals surface area contributed by atoms with Crippen molar-refractivity contribution in [1.82, 2.24) is 9.97 Å². The van der Waals surface area contributed by atoms with E-state index in [4.69, 9.17) is 9.47 Å². The number of H-pyrrole nitrogens is 1. The third-order valence-corrected chi connectivity index (χ3v) is 3.37. The smallest absolute Gasteiger partial charge is 0.349 e. The average molecular weight is 296 g/mol. The minimum absolute atomic E-state index is 0.132. The van der Waals surface area contributed by atoms with Crippen LogP contribution >= 0.6 is 0 Å². The van der Waals surface area contributed by atoms with Crippen molar-refractivity contribution in [1.29, 1.82) is 0 Å². The Morgan fingerprint density at radius 1 is 1.18 bits per heavy atom. The van der Waals surface area contributed by atoms with E-state index in [2.05, 4.69) is 9.97 Å². The predicted molar refractivity (Wildman–Crippen MR) is 83.1 cm³/mol. The SMILES string of the molecule is Cc1cccc(C)c1OCC(=O)Oc1ccc2nc[nH]c2c1. The molecule has 0 atom stereocenters. The van der Waals surface area contributed by atoms with Crippen molar-refractivity contribution in [2.45, 2.75) is 13.8 Å². The van der Waals surface area contributed by atoms with Crippen molar-refractivity contribution < 1.29 is 14.3 Å². The zero-order valence-corrected chi connectivity index (χ0v) is 12.4. The molecule has 0 saturated heterocycles. The molecule has 1 N–H and O–H groups in total. The van der Waals surface area contributed by atoms with Crippen LogP contribution in [0.25, 0.3) is 11.0 Å². The van der Waals surface area contributed by atoms with Gasteiger partial charge in [0.15, 0.2) is 6.61 Å². The zero-order valence-electron chi connectivity index (χ0n) is 12.4. The molecule has 0 unspecified atom stereocenters. The first-order valence-electron chi connectivity index (χ1n) is 6.96. The van der Waals surface area contributed by atoms with Gasteiger partial charge in [0, 0.05) is 6.07 Å². The molecule has 1 aromatic heterocycles. The zero-order chi connectivity index (χ0) is 15.5. The van der Waals surface area contributed by atoms with Crippen LogP contribution in [0.4, 0.5) is 0 Å². The van der Waals surface area contributed by atoms with Gasteiger partial charge in [-0.1, -0.05) is 18.2 Å². The molecule has 0 bridgehead atoms. The molecule has 0 radical (unpaired) electrons. The first-order valence-corrected chi connectivity index (χ1v) is 6.96. The summed E-state index contributed by atoms with van der Waals surface area (Å²) in [4.78, 5) is 19.0. The van der Waals surface area contributed by atoms with Crippen LogP contribution in [0, 0.1) is 13.8 Å². The van der Waals surface area contributed by atoms with Crippen LogP contribution in [0.2, 0.25) is 0 Å². The van der Waals surface area contributed by atoms with E-state index in [1.165, 1.54) is 0 Å². The second-order valence-electron chi connectivity index (χ2n) is 5.07. The Labute approximate surface area is 127 Å². The van der Waals surface area contributed by atoms with Crippen molar-refractivity contribution in [2.24, 2.45) is 0 Å². The van der Waals surface area contributed by atoms with Crippen LogP contribution < -0.4 is 9.47 Å². The Bertz CT molecular complexity index is 803. The second kappa shape index (κ2) is 5.89. The van der Waals surface area contributed by atoms with Crippen LogP contribution in [0.1, 0.15) is 11.1 Å². The van der Waals surface area contributed by atoms with E-state index < -0.39 is 5.97 Å². The number of para-hydroxylation sites is 1. The summed E-state index contributed by atoms with van der Waals surface area (Å²) in [5.74, 6) is 0.747. The predicted octanol–water partition coefficient (Wildman–Crippen LogP) is 3.16. The minimum Gasteiger partial charge on any atom is -0.481 e. The van der Waals surface area contributed by atoms with Crippen molar-refractivity contribution in [2.75, 3.05) is 6.61 Å². The molecule has 0 amide bonds. The first kappa shape index (κ1) is 14.1. The van der Waals surface area contributed by atoms with Gasteiger partial charge < -0.3 is 14.5 Å². The van der Waals surface area contributed by atoms with Gasteiger partial charge in [-0.25, -0.2) is 9.78 Å². The monoisotopic (exact) mass is 296 g/mol. The summed E-state index contributed by atoms with van der Waals surface area (Å²) in [6.07, 6.45) is 1.60. The van der Waals surface area contributed by atoms with Gasteiger partial charge in [-0.2, -0.15) is 0 Å². The first-order chi connectivity index (χ1) is 10.6. The lowest BCUT2D eigenvalue weighted by Gasteiger charge is -2.11. The summed E-state index contributed by atoms with van der Waals surface area (Å²) in [5, 5.41) is 0. The Morgan fingerprint density at radius 3 is 2.73 bits per heavy atom. The number of aromatic nitrogens is 2. The number of fused-ring (bicyclic) bond motifs is 1. The number of ether oxygens (including phenoxy) is 2. The fourth-order valence-corrected chi connectivity index (χ4v) is 2.30. The third-order valence-electron chi connectivity index (χ3n) is 3.37. The third kappa shape index (κ3) is 2.93. The van der Waals surface area contributed by atoms with Crippen molar-refractivity contribution >= 4 is 17.0 Å². The molecule has 3 aromatic rings. The number of carbonyl (C=O) groups excluding carboxylic acids is 1. The molecular formula is C17H16N2O3. The number of aryl methyl sites for hydroxylation is 2. The molecule has 3 rings (SSSR count). The maximum absolute atomic E-state index is 11.9. The summed E-state index contributed by atoms with van der Waals surface area (Å²) in [6.45, 7) is 3.76. The fraction of sp³-hybridized carbons (Fsp3) is 0.176.